The predicted molar refractivity (Wildman–Crippen MR) is 249 cm³/mol. The number of fused-ring (bicyclic) bond motifs is 2. The van der Waals surface area contributed by atoms with E-state index in [0.29, 0.717) is 17.5 Å². The first-order chi connectivity index (χ1) is 29.6. The zero-order valence-corrected chi connectivity index (χ0v) is 32.7. The summed E-state index contributed by atoms with van der Waals surface area (Å²) in [6.45, 7) is 8.17. The highest BCUT2D eigenvalue weighted by molar-refractivity contribution is 6.10. The van der Waals surface area contributed by atoms with Gasteiger partial charge in [-0.25, -0.2) is 19.9 Å². The lowest BCUT2D eigenvalue weighted by Gasteiger charge is -2.17. The molecule has 0 radical (unpaired) electrons. The number of aromatic nitrogens is 5. The van der Waals surface area contributed by atoms with Crippen LogP contribution >= 0.6 is 0 Å². The largest absolute Gasteiger partial charge is 0.264 e. The van der Waals surface area contributed by atoms with Crippen molar-refractivity contribution in [2.24, 2.45) is 0 Å². The fourth-order valence-electron chi connectivity index (χ4n) is 8.03. The van der Waals surface area contributed by atoms with Gasteiger partial charge >= 0.3 is 0 Å². The maximum atomic E-state index is 5.16. The summed E-state index contributed by atoms with van der Waals surface area (Å²) in [6.07, 6.45) is 7.34. The summed E-state index contributed by atoms with van der Waals surface area (Å²) < 4.78 is 0. The third-order valence-corrected chi connectivity index (χ3v) is 11.0. The molecule has 3 heterocycles. The van der Waals surface area contributed by atoms with Crippen LogP contribution in [0.3, 0.4) is 0 Å². The number of benzene rings is 7. The summed E-state index contributed by atoms with van der Waals surface area (Å²) in [5.41, 5.74) is 12.9. The van der Waals surface area contributed by atoms with Crippen molar-refractivity contribution in [3.05, 3.63) is 213 Å². The molecule has 10 rings (SSSR count). The highest BCUT2D eigenvalue weighted by atomic mass is 15.0. The van der Waals surface area contributed by atoms with Crippen LogP contribution in [0.25, 0.3) is 112 Å². The molecule has 0 amide bonds. The van der Waals surface area contributed by atoms with Crippen LogP contribution in [-0.2, 0) is 0 Å². The van der Waals surface area contributed by atoms with E-state index in [1.807, 2.05) is 91.3 Å². The van der Waals surface area contributed by atoms with Crippen molar-refractivity contribution in [3.63, 3.8) is 0 Å². The van der Waals surface area contributed by atoms with Crippen LogP contribution < -0.4 is 0 Å². The van der Waals surface area contributed by atoms with Gasteiger partial charge in [0.1, 0.15) is 0 Å². The molecule has 0 N–H and O–H groups in total. The minimum Gasteiger partial charge on any atom is -0.264 e. The van der Waals surface area contributed by atoms with E-state index in [-0.39, 0.29) is 0 Å². The van der Waals surface area contributed by atoms with Gasteiger partial charge in [-0.1, -0.05) is 171 Å². The Morgan fingerprint density at radius 3 is 1.43 bits per heavy atom. The lowest BCUT2D eigenvalue weighted by Crippen LogP contribution is -2.00. The Morgan fingerprint density at radius 1 is 0.350 bits per heavy atom. The van der Waals surface area contributed by atoms with Crippen molar-refractivity contribution in [2.75, 3.05) is 0 Å². The molecule has 0 unspecified atom stereocenters. The van der Waals surface area contributed by atoms with E-state index < -0.39 is 0 Å². The molecule has 60 heavy (non-hydrogen) atoms. The van der Waals surface area contributed by atoms with Gasteiger partial charge in [0, 0.05) is 45.6 Å². The summed E-state index contributed by atoms with van der Waals surface area (Å²) >= 11 is 0. The van der Waals surface area contributed by atoms with Crippen molar-refractivity contribution in [1.29, 1.82) is 0 Å². The molecule has 10 aromatic rings. The van der Waals surface area contributed by atoms with Crippen LogP contribution in [0, 0.1) is 0 Å². The second-order valence-corrected chi connectivity index (χ2v) is 14.6. The first-order valence-corrected chi connectivity index (χ1v) is 19.9. The predicted octanol–water partition coefficient (Wildman–Crippen LogP) is 13.9. The van der Waals surface area contributed by atoms with E-state index in [0.717, 1.165) is 88.6 Å². The minimum absolute atomic E-state index is 0.593. The second kappa shape index (κ2) is 15.7. The van der Waals surface area contributed by atoms with E-state index in [2.05, 4.69) is 121 Å². The van der Waals surface area contributed by atoms with Crippen molar-refractivity contribution >= 4 is 33.7 Å². The molecule has 0 saturated heterocycles. The summed E-state index contributed by atoms with van der Waals surface area (Å²) in [7, 11) is 0. The van der Waals surface area contributed by atoms with Crippen LogP contribution in [0.5, 0.6) is 0 Å². The number of pyridine rings is 2. The highest BCUT2D eigenvalue weighted by Gasteiger charge is 2.19. The van der Waals surface area contributed by atoms with Gasteiger partial charge in [0.05, 0.1) is 11.4 Å². The van der Waals surface area contributed by atoms with Gasteiger partial charge in [0.15, 0.2) is 17.5 Å². The summed E-state index contributed by atoms with van der Waals surface area (Å²) in [5, 5.41) is 4.16. The molecule has 0 saturated carbocycles. The Balaban J connectivity index is 1.20. The van der Waals surface area contributed by atoms with E-state index in [1.165, 1.54) is 5.56 Å². The summed E-state index contributed by atoms with van der Waals surface area (Å²) in [6, 6.07) is 61.0. The van der Waals surface area contributed by atoms with Gasteiger partial charge in [0.2, 0.25) is 0 Å². The lowest BCUT2D eigenvalue weighted by atomic mass is 9.89. The van der Waals surface area contributed by atoms with Crippen LogP contribution in [-0.4, -0.2) is 24.9 Å². The molecule has 5 heteroatoms. The van der Waals surface area contributed by atoms with Crippen LogP contribution in [0.1, 0.15) is 11.3 Å². The fraction of sp³-hybridized carbons (Fsp3) is 0. The average Bonchev–Trinajstić information content (AvgIpc) is 3.33. The van der Waals surface area contributed by atoms with Crippen molar-refractivity contribution in [3.8, 4) is 78.8 Å². The van der Waals surface area contributed by atoms with Gasteiger partial charge < -0.3 is 0 Å². The molecule has 0 aliphatic carbocycles. The average molecular weight is 768 g/mol. The first-order valence-electron chi connectivity index (χ1n) is 19.9. The van der Waals surface area contributed by atoms with Gasteiger partial charge in [-0.2, -0.15) is 0 Å². The summed E-state index contributed by atoms with van der Waals surface area (Å²) in [4.78, 5) is 24.9. The van der Waals surface area contributed by atoms with Crippen molar-refractivity contribution < 1.29 is 0 Å². The Labute approximate surface area is 348 Å². The normalized spacial score (nSPS) is 11.1. The number of nitrogens with zero attached hydrogens (tertiary/aromatic N) is 5. The Hall–Kier alpha value is -8.15. The van der Waals surface area contributed by atoms with Gasteiger partial charge in [-0.3, -0.25) is 4.98 Å². The van der Waals surface area contributed by atoms with E-state index in [4.69, 9.17) is 19.9 Å². The highest BCUT2D eigenvalue weighted by Crippen LogP contribution is 2.41. The van der Waals surface area contributed by atoms with Crippen LogP contribution in [0.2, 0.25) is 0 Å². The second-order valence-electron chi connectivity index (χ2n) is 14.6. The fourth-order valence-corrected chi connectivity index (χ4v) is 8.03. The topological polar surface area (TPSA) is 64.5 Å². The molecular weight excluding hydrogens is 731 g/mol. The number of hydrogen-bond donors (Lipinski definition) is 0. The monoisotopic (exact) mass is 767 g/mol. The molecule has 0 atom stereocenters. The molecule has 282 valence electrons. The quantitative estimate of drug-likeness (QED) is 0.146. The van der Waals surface area contributed by atoms with E-state index >= 15 is 0 Å². The summed E-state index contributed by atoms with van der Waals surface area (Å²) in [5.74, 6) is 1.82. The Kier molecular flexibility index (Phi) is 9.45. The molecule has 0 bridgehead atoms. The van der Waals surface area contributed by atoms with E-state index in [9.17, 15) is 0 Å². The Morgan fingerprint density at radius 2 is 0.833 bits per heavy atom. The van der Waals surface area contributed by atoms with Crippen LogP contribution in [0.15, 0.2) is 201 Å². The molecule has 0 spiro atoms. The third-order valence-electron chi connectivity index (χ3n) is 11.0. The number of hydrogen-bond acceptors (Lipinski definition) is 5. The van der Waals surface area contributed by atoms with Crippen molar-refractivity contribution in [1.82, 2.24) is 24.9 Å². The maximum Gasteiger partial charge on any atom is 0.164 e. The van der Waals surface area contributed by atoms with Gasteiger partial charge in [-0.15, -0.1) is 0 Å². The Bertz CT molecular complexity index is 3160. The molecular formula is C55H37N5. The van der Waals surface area contributed by atoms with Crippen LogP contribution in [0.4, 0.5) is 0 Å². The minimum atomic E-state index is 0.593. The van der Waals surface area contributed by atoms with Crippen molar-refractivity contribution in [2.45, 2.75) is 0 Å². The zero-order valence-electron chi connectivity index (χ0n) is 32.7. The van der Waals surface area contributed by atoms with E-state index in [1.54, 1.807) is 6.08 Å². The maximum absolute atomic E-state index is 5.16. The standard InChI is InChI=1S/C55H37N5/c1-3-44-48-30-31-56-35-50(48)52(57-51(44)4-2)49-29-28-45(46-22-14-15-23-47(46)49)42-32-41(38-26-24-37(25-27-38)36-16-8-5-9-17-36)33-43(34-42)55-59-53(39-18-10-6-11-19-39)58-54(60-55)40-20-12-7-13-21-40/h3-35H,1-2H2. The lowest BCUT2D eigenvalue weighted by molar-refractivity contribution is 1.07. The molecule has 5 nitrogen and oxygen atoms in total. The molecule has 3 aromatic heterocycles. The SMILES string of the molecule is C=Cc1nc(-c2ccc(-c3cc(-c4ccc(-c5ccccc5)cc4)cc(-c4nc(-c5ccccc5)nc(-c5ccccc5)n4)c3)c3ccccc23)c2cnccc2c1C=C. The molecule has 0 fully saturated rings. The first kappa shape index (κ1) is 36.2. The molecule has 0 aliphatic rings. The molecule has 7 aromatic carbocycles. The third kappa shape index (κ3) is 6.74. The zero-order chi connectivity index (χ0) is 40.4. The number of rotatable bonds is 9. The smallest absolute Gasteiger partial charge is 0.164 e. The van der Waals surface area contributed by atoms with Gasteiger partial charge in [0.25, 0.3) is 0 Å². The molecule has 0 aliphatic heterocycles. The van der Waals surface area contributed by atoms with Gasteiger partial charge in [-0.05, 0) is 79.9 Å².